The third kappa shape index (κ3) is 5.51. The fourth-order valence-corrected chi connectivity index (χ4v) is 3.40. The van der Waals surface area contributed by atoms with Crippen LogP contribution in [0.3, 0.4) is 0 Å². The molecule has 0 atom stereocenters. The standard InChI is InChI=1S/C27H21F3O6/c1-15-5-4-6-19(11-15)35-25-24(32)21-10-9-20(13-22(21)36-26(25)27(28,29)30)34-23(31)14-33-18-8-7-16(2)17(3)12-18/h4-13H,14H2,1-3H3. The van der Waals surface area contributed by atoms with E-state index in [9.17, 15) is 22.8 Å². The second-order valence-electron chi connectivity index (χ2n) is 8.17. The Morgan fingerprint density at radius 1 is 0.889 bits per heavy atom. The molecular formula is C27H21F3O6. The Balaban J connectivity index is 1.60. The SMILES string of the molecule is Cc1cccc(Oc2c(C(F)(F)F)oc3cc(OC(=O)COc4ccc(C)c(C)c4)ccc3c2=O)c1. The second kappa shape index (κ2) is 9.77. The Kier molecular flexibility index (Phi) is 6.74. The van der Waals surface area contributed by atoms with Crippen LogP contribution in [-0.2, 0) is 11.0 Å². The molecule has 0 aliphatic heterocycles. The summed E-state index contributed by atoms with van der Waals surface area (Å²) < 4.78 is 62.2. The van der Waals surface area contributed by atoms with Gasteiger partial charge in [-0.25, -0.2) is 4.79 Å². The normalized spacial score (nSPS) is 11.4. The number of esters is 1. The first-order chi connectivity index (χ1) is 17.0. The predicted molar refractivity (Wildman–Crippen MR) is 126 cm³/mol. The number of carbonyl (C=O) groups is 1. The number of fused-ring (bicyclic) bond motifs is 1. The van der Waals surface area contributed by atoms with E-state index in [2.05, 4.69) is 0 Å². The maximum absolute atomic E-state index is 13.7. The maximum atomic E-state index is 13.7. The van der Waals surface area contributed by atoms with Crippen molar-refractivity contribution in [2.75, 3.05) is 6.61 Å². The highest BCUT2D eigenvalue weighted by atomic mass is 19.4. The van der Waals surface area contributed by atoms with Gasteiger partial charge in [0.25, 0.3) is 5.76 Å². The fraction of sp³-hybridized carbons (Fsp3) is 0.185. The quantitative estimate of drug-likeness (QED) is 0.223. The van der Waals surface area contributed by atoms with Crippen molar-refractivity contribution >= 4 is 16.9 Å². The van der Waals surface area contributed by atoms with Crippen LogP contribution in [0.4, 0.5) is 13.2 Å². The van der Waals surface area contributed by atoms with Crippen molar-refractivity contribution in [2.24, 2.45) is 0 Å². The zero-order chi connectivity index (χ0) is 26.0. The van der Waals surface area contributed by atoms with Gasteiger partial charge in [0.1, 0.15) is 22.8 Å². The molecule has 0 saturated carbocycles. The van der Waals surface area contributed by atoms with Crippen molar-refractivity contribution in [2.45, 2.75) is 26.9 Å². The molecule has 1 heterocycles. The van der Waals surface area contributed by atoms with Crippen LogP contribution in [0.25, 0.3) is 11.0 Å². The lowest BCUT2D eigenvalue weighted by molar-refractivity contribution is -0.154. The summed E-state index contributed by atoms with van der Waals surface area (Å²) in [6.45, 7) is 5.14. The van der Waals surface area contributed by atoms with E-state index in [0.29, 0.717) is 5.75 Å². The lowest BCUT2D eigenvalue weighted by Crippen LogP contribution is -2.18. The predicted octanol–water partition coefficient (Wildman–Crippen LogP) is 6.51. The number of hydrogen-bond acceptors (Lipinski definition) is 6. The van der Waals surface area contributed by atoms with Crippen molar-refractivity contribution in [3.63, 3.8) is 0 Å². The van der Waals surface area contributed by atoms with E-state index in [-0.39, 0.29) is 16.9 Å². The van der Waals surface area contributed by atoms with Gasteiger partial charge >= 0.3 is 12.1 Å². The summed E-state index contributed by atoms with van der Waals surface area (Å²) in [6.07, 6.45) is -5.01. The molecule has 0 spiro atoms. The summed E-state index contributed by atoms with van der Waals surface area (Å²) in [4.78, 5) is 25.1. The molecule has 186 valence electrons. The monoisotopic (exact) mass is 498 g/mol. The minimum Gasteiger partial charge on any atom is -0.482 e. The minimum atomic E-state index is -5.01. The summed E-state index contributed by atoms with van der Waals surface area (Å²) >= 11 is 0. The van der Waals surface area contributed by atoms with Crippen molar-refractivity contribution in [3.8, 4) is 23.0 Å². The first-order valence-electron chi connectivity index (χ1n) is 10.8. The van der Waals surface area contributed by atoms with Gasteiger partial charge < -0.3 is 18.6 Å². The molecule has 0 saturated heterocycles. The molecule has 0 amide bonds. The number of halogens is 3. The van der Waals surface area contributed by atoms with Crippen LogP contribution in [0.15, 0.2) is 69.9 Å². The molecule has 0 aliphatic carbocycles. The summed E-state index contributed by atoms with van der Waals surface area (Å²) in [7, 11) is 0. The smallest absolute Gasteiger partial charge is 0.453 e. The summed E-state index contributed by atoms with van der Waals surface area (Å²) in [6, 6.07) is 15.1. The van der Waals surface area contributed by atoms with Crippen LogP contribution in [0.5, 0.6) is 23.0 Å². The third-order valence-electron chi connectivity index (χ3n) is 5.36. The van der Waals surface area contributed by atoms with E-state index in [1.807, 2.05) is 19.9 Å². The van der Waals surface area contributed by atoms with Gasteiger partial charge in [0.2, 0.25) is 11.2 Å². The van der Waals surface area contributed by atoms with Gasteiger partial charge in [-0.3, -0.25) is 4.79 Å². The number of carbonyl (C=O) groups excluding carboxylic acids is 1. The summed E-state index contributed by atoms with van der Waals surface area (Å²) in [5.74, 6) is -2.95. The first-order valence-corrected chi connectivity index (χ1v) is 10.8. The molecule has 4 aromatic rings. The molecule has 9 heteroatoms. The molecule has 4 rings (SSSR count). The Hall–Kier alpha value is -4.27. The molecule has 1 aromatic heterocycles. The van der Waals surface area contributed by atoms with Crippen LogP contribution < -0.4 is 19.6 Å². The molecule has 0 aliphatic rings. The van der Waals surface area contributed by atoms with E-state index in [1.54, 1.807) is 31.2 Å². The largest absolute Gasteiger partial charge is 0.482 e. The molecule has 0 fully saturated rings. The Morgan fingerprint density at radius 3 is 2.33 bits per heavy atom. The highest BCUT2D eigenvalue weighted by molar-refractivity contribution is 5.81. The molecular weight excluding hydrogens is 477 g/mol. The topological polar surface area (TPSA) is 75.0 Å². The van der Waals surface area contributed by atoms with E-state index in [0.717, 1.165) is 22.8 Å². The number of ether oxygens (including phenoxy) is 3. The molecule has 3 aromatic carbocycles. The van der Waals surface area contributed by atoms with E-state index >= 15 is 0 Å². The van der Waals surface area contributed by atoms with E-state index in [4.69, 9.17) is 18.6 Å². The lowest BCUT2D eigenvalue weighted by atomic mass is 10.1. The Morgan fingerprint density at radius 2 is 1.64 bits per heavy atom. The van der Waals surface area contributed by atoms with E-state index in [1.165, 1.54) is 24.3 Å². The van der Waals surface area contributed by atoms with Crippen LogP contribution in [-0.4, -0.2) is 12.6 Å². The molecule has 0 radical (unpaired) electrons. The van der Waals surface area contributed by atoms with Crippen LogP contribution >= 0.6 is 0 Å². The number of aryl methyl sites for hydroxylation is 3. The number of hydrogen-bond donors (Lipinski definition) is 0. The van der Waals surface area contributed by atoms with Gasteiger partial charge in [0, 0.05) is 6.07 Å². The number of benzene rings is 3. The summed E-state index contributed by atoms with van der Waals surface area (Å²) in [5.41, 5.74) is 1.36. The highest BCUT2D eigenvalue weighted by Crippen LogP contribution is 2.38. The Bertz CT molecular complexity index is 1500. The molecule has 36 heavy (non-hydrogen) atoms. The molecule has 0 unspecified atom stereocenters. The van der Waals surface area contributed by atoms with Crippen molar-refractivity contribution in [1.82, 2.24) is 0 Å². The zero-order valence-corrected chi connectivity index (χ0v) is 19.6. The third-order valence-corrected chi connectivity index (χ3v) is 5.36. The summed E-state index contributed by atoms with van der Waals surface area (Å²) in [5, 5.41) is -0.170. The van der Waals surface area contributed by atoms with Gasteiger partial charge in [0.15, 0.2) is 6.61 Å². The molecule has 0 bridgehead atoms. The molecule has 6 nitrogen and oxygen atoms in total. The van der Waals surface area contributed by atoms with Gasteiger partial charge in [-0.15, -0.1) is 0 Å². The van der Waals surface area contributed by atoms with Crippen molar-refractivity contribution in [1.29, 1.82) is 0 Å². The second-order valence-corrected chi connectivity index (χ2v) is 8.17. The number of alkyl halides is 3. The first kappa shape index (κ1) is 24.8. The van der Waals surface area contributed by atoms with Crippen LogP contribution in [0.2, 0.25) is 0 Å². The van der Waals surface area contributed by atoms with Crippen molar-refractivity contribution < 1.29 is 36.6 Å². The van der Waals surface area contributed by atoms with Crippen molar-refractivity contribution in [3.05, 3.63) is 93.3 Å². The number of rotatable bonds is 6. The minimum absolute atomic E-state index is 0.0569. The van der Waals surface area contributed by atoms with Crippen LogP contribution in [0.1, 0.15) is 22.5 Å². The zero-order valence-electron chi connectivity index (χ0n) is 19.6. The van der Waals surface area contributed by atoms with Crippen LogP contribution in [0, 0.1) is 20.8 Å². The maximum Gasteiger partial charge on any atom is 0.453 e. The van der Waals surface area contributed by atoms with Gasteiger partial charge in [-0.05, 0) is 73.9 Å². The highest BCUT2D eigenvalue weighted by Gasteiger charge is 2.40. The van der Waals surface area contributed by atoms with E-state index < -0.39 is 41.3 Å². The van der Waals surface area contributed by atoms with Gasteiger partial charge in [-0.1, -0.05) is 18.2 Å². The average molecular weight is 498 g/mol. The molecule has 0 N–H and O–H groups in total. The Labute approximate surface area is 203 Å². The lowest BCUT2D eigenvalue weighted by Gasteiger charge is -2.14. The van der Waals surface area contributed by atoms with Gasteiger partial charge in [0.05, 0.1) is 5.39 Å². The fourth-order valence-electron chi connectivity index (χ4n) is 3.40. The average Bonchev–Trinajstić information content (AvgIpc) is 2.81. The van der Waals surface area contributed by atoms with Gasteiger partial charge in [-0.2, -0.15) is 13.2 Å².